The lowest BCUT2D eigenvalue weighted by Crippen LogP contribution is -2.44. The van der Waals surface area contributed by atoms with Gasteiger partial charge in [0, 0.05) is 31.5 Å². The molecular formula is C14H15N7O. The molecule has 0 unspecified atom stereocenters. The Morgan fingerprint density at radius 3 is 3.00 bits per heavy atom. The summed E-state index contributed by atoms with van der Waals surface area (Å²) in [6.45, 7) is 1.47. The second-order valence-electron chi connectivity index (χ2n) is 5.07. The van der Waals surface area contributed by atoms with Gasteiger partial charge >= 0.3 is 0 Å². The van der Waals surface area contributed by atoms with Gasteiger partial charge in [-0.3, -0.25) is 4.79 Å². The highest BCUT2D eigenvalue weighted by atomic mass is 16.1. The Labute approximate surface area is 126 Å². The van der Waals surface area contributed by atoms with Crippen molar-refractivity contribution in [2.45, 2.75) is 18.9 Å². The maximum Gasteiger partial charge on any atom is 0.290 e. The number of nitrogens with one attached hydrogen (secondary N) is 2. The van der Waals surface area contributed by atoms with Gasteiger partial charge in [-0.05, 0) is 12.8 Å². The second kappa shape index (κ2) is 6.22. The monoisotopic (exact) mass is 297 g/mol. The molecule has 1 aliphatic heterocycles. The Bertz CT molecular complexity index is 734. The maximum absolute atomic E-state index is 11.8. The van der Waals surface area contributed by atoms with Crippen molar-refractivity contribution in [3.8, 4) is 6.07 Å². The number of rotatable bonds is 3. The lowest BCUT2D eigenvalue weighted by molar-refractivity contribution is 0.524. The topological polar surface area (TPSA) is 111 Å². The van der Waals surface area contributed by atoms with Gasteiger partial charge in [-0.15, -0.1) is 0 Å². The first-order valence-electron chi connectivity index (χ1n) is 7.03. The van der Waals surface area contributed by atoms with Crippen molar-refractivity contribution in [2.75, 3.05) is 23.3 Å². The molecule has 8 heteroatoms. The zero-order chi connectivity index (χ0) is 15.4. The quantitative estimate of drug-likeness (QED) is 0.849. The van der Waals surface area contributed by atoms with E-state index in [4.69, 9.17) is 5.26 Å². The zero-order valence-corrected chi connectivity index (χ0v) is 11.9. The summed E-state index contributed by atoms with van der Waals surface area (Å²) < 4.78 is 0. The van der Waals surface area contributed by atoms with Crippen LogP contribution in [0.15, 0.2) is 29.6 Å². The third-order valence-electron chi connectivity index (χ3n) is 3.53. The van der Waals surface area contributed by atoms with E-state index in [0.717, 1.165) is 19.4 Å². The fourth-order valence-corrected chi connectivity index (χ4v) is 2.53. The number of nitrogens with zero attached hydrogens (tertiary/aromatic N) is 5. The van der Waals surface area contributed by atoms with Gasteiger partial charge in [0.1, 0.15) is 11.9 Å². The Kier molecular flexibility index (Phi) is 3.96. The van der Waals surface area contributed by atoms with Gasteiger partial charge in [0.25, 0.3) is 5.56 Å². The molecule has 8 nitrogen and oxygen atoms in total. The molecule has 2 aromatic rings. The van der Waals surface area contributed by atoms with Crippen molar-refractivity contribution in [2.24, 2.45) is 0 Å². The highest BCUT2D eigenvalue weighted by Crippen LogP contribution is 2.17. The van der Waals surface area contributed by atoms with E-state index in [2.05, 4.69) is 25.3 Å². The molecule has 1 saturated heterocycles. The fourth-order valence-electron chi connectivity index (χ4n) is 2.53. The minimum Gasteiger partial charge on any atom is -0.364 e. The van der Waals surface area contributed by atoms with Crippen LogP contribution in [0.1, 0.15) is 18.5 Å². The smallest absolute Gasteiger partial charge is 0.290 e. The highest BCUT2D eigenvalue weighted by Gasteiger charge is 2.22. The number of piperidine rings is 1. The molecule has 0 radical (unpaired) electrons. The molecule has 112 valence electrons. The average Bonchev–Trinajstić information content (AvgIpc) is 2.56. The van der Waals surface area contributed by atoms with Crippen LogP contribution in [-0.4, -0.2) is 39.1 Å². The second-order valence-corrected chi connectivity index (χ2v) is 5.07. The van der Waals surface area contributed by atoms with Crippen LogP contribution in [0.25, 0.3) is 0 Å². The third kappa shape index (κ3) is 3.03. The van der Waals surface area contributed by atoms with Crippen molar-refractivity contribution in [3.05, 3.63) is 40.8 Å². The lowest BCUT2D eigenvalue weighted by atomic mass is 10.1. The fraction of sp³-hybridized carbons (Fsp3) is 0.357. The number of aromatic nitrogens is 4. The van der Waals surface area contributed by atoms with Gasteiger partial charge in [0.15, 0.2) is 11.5 Å². The first kappa shape index (κ1) is 14.0. The van der Waals surface area contributed by atoms with Crippen LogP contribution >= 0.6 is 0 Å². The molecule has 0 bridgehead atoms. The molecule has 0 aliphatic carbocycles. The van der Waals surface area contributed by atoms with E-state index in [9.17, 15) is 4.79 Å². The summed E-state index contributed by atoms with van der Waals surface area (Å²) in [4.78, 5) is 28.7. The summed E-state index contributed by atoms with van der Waals surface area (Å²) >= 11 is 0. The average molecular weight is 297 g/mol. The number of anilines is 2. The molecule has 22 heavy (non-hydrogen) atoms. The maximum atomic E-state index is 11.8. The van der Waals surface area contributed by atoms with E-state index in [1.54, 1.807) is 12.4 Å². The highest BCUT2D eigenvalue weighted by molar-refractivity contribution is 5.39. The molecule has 3 rings (SSSR count). The van der Waals surface area contributed by atoms with E-state index in [-0.39, 0.29) is 17.3 Å². The third-order valence-corrected chi connectivity index (χ3v) is 3.53. The normalized spacial score (nSPS) is 17.8. The van der Waals surface area contributed by atoms with Gasteiger partial charge < -0.3 is 15.2 Å². The van der Waals surface area contributed by atoms with Crippen LogP contribution in [0.5, 0.6) is 0 Å². The summed E-state index contributed by atoms with van der Waals surface area (Å²) in [5, 5.41) is 12.0. The largest absolute Gasteiger partial charge is 0.364 e. The van der Waals surface area contributed by atoms with E-state index in [0.29, 0.717) is 18.2 Å². The van der Waals surface area contributed by atoms with E-state index >= 15 is 0 Å². The molecule has 0 saturated carbocycles. The van der Waals surface area contributed by atoms with Crippen molar-refractivity contribution in [3.63, 3.8) is 0 Å². The van der Waals surface area contributed by atoms with Crippen molar-refractivity contribution in [1.82, 2.24) is 19.9 Å². The Balaban J connectivity index is 1.69. The molecule has 0 aromatic carbocycles. The standard InChI is InChI=1S/C14H15N7O/c15-6-11-7-19-12(8-18-11)20-10-2-1-5-21(9-10)13-14(22)17-4-3-16-13/h3-4,7-8,10H,1-2,5,9H2,(H,17,22)(H,19,20)/t10-/m1/s1. The lowest BCUT2D eigenvalue weighted by Gasteiger charge is -2.33. The van der Waals surface area contributed by atoms with Crippen LogP contribution < -0.4 is 15.8 Å². The summed E-state index contributed by atoms with van der Waals surface area (Å²) in [5.41, 5.74) is 0.108. The molecule has 1 atom stereocenters. The van der Waals surface area contributed by atoms with Crippen LogP contribution in [0.4, 0.5) is 11.6 Å². The molecular weight excluding hydrogens is 282 g/mol. The first-order valence-corrected chi connectivity index (χ1v) is 7.03. The van der Waals surface area contributed by atoms with Gasteiger partial charge in [-0.1, -0.05) is 0 Å². The van der Waals surface area contributed by atoms with Crippen molar-refractivity contribution in [1.29, 1.82) is 5.26 Å². The van der Waals surface area contributed by atoms with Crippen LogP contribution in [-0.2, 0) is 0 Å². The molecule has 1 fully saturated rings. The van der Waals surface area contributed by atoms with Gasteiger partial charge in [-0.25, -0.2) is 15.0 Å². The number of hydrogen-bond donors (Lipinski definition) is 2. The number of H-pyrrole nitrogens is 1. The molecule has 2 N–H and O–H groups in total. The van der Waals surface area contributed by atoms with E-state index in [1.165, 1.54) is 12.4 Å². The molecule has 0 amide bonds. The van der Waals surface area contributed by atoms with Crippen LogP contribution in [0, 0.1) is 11.3 Å². The van der Waals surface area contributed by atoms with Gasteiger partial charge in [0.05, 0.1) is 12.4 Å². The van der Waals surface area contributed by atoms with E-state index in [1.807, 2.05) is 11.0 Å². The first-order chi connectivity index (χ1) is 10.8. The minimum absolute atomic E-state index is 0.150. The summed E-state index contributed by atoms with van der Waals surface area (Å²) in [7, 11) is 0. The van der Waals surface area contributed by atoms with E-state index < -0.39 is 0 Å². The Hall–Kier alpha value is -2.95. The predicted molar refractivity (Wildman–Crippen MR) is 80.5 cm³/mol. The van der Waals surface area contributed by atoms with Gasteiger partial charge in [0.2, 0.25) is 0 Å². The Morgan fingerprint density at radius 1 is 1.36 bits per heavy atom. The predicted octanol–water partition coefficient (Wildman–Crippen LogP) is 0.512. The summed E-state index contributed by atoms with van der Waals surface area (Å²) in [5.74, 6) is 1.07. The molecule has 2 aromatic heterocycles. The number of hydrogen-bond acceptors (Lipinski definition) is 7. The zero-order valence-electron chi connectivity index (χ0n) is 11.9. The van der Waals surface area contributed by atoms with Gasteiger partial charge in [-0.2, -0.15) is 5.26 Å². The van der Waals surface area contributed by atoms with Crippen LogP contribution in [0.2, 0.25) is 0 Å². The van der Waals surface area contributed by atoms with Crippen molar-refractivity contribution < 1.29 is 0 Å². The minimum atomic E-state index is -0.179. The van der Waals surface area contributed by atoms with Crippen LogP contribution in [0.3, 0.4) is 0 Å². The summed E-state index contributed by atoms with van der Waals surface area (Å²) in [6, 6.07) is 2.09. The molecule has 1 aliphatic rings. The SMILES string of the molecule is N#Cc1cnc(N[C@@H]2CCCN(c3ncc[nH]c3=O)C2)cn1. The Morgan fingerprint density at radius 2 is 2.27 bits per heavy atom. The molecule has 0 spiro atoms. The molecule has 3 heterocycles. The number of nitriles is 1. The van der Waals surface area contributed by atoms with Crippen molar-refractivity contribution >= 4 is 11.6 Å². The summed E-state index contributed by atoms with van der Waals surface area (Å²) in [6.07, 6.45) is 8.02. The number of aromatic amines is 1.